The van der Waals surface area contributed by atoms with Crippen molar-refractivity contribution in [1.82, 2.24) is 0 Å². The van der Waals surface area contributed by atoms with Gasteiger partial charge in [-0.3, -0.25) is 9.59 Å². The molecule has 1 heterocycles. The molecule has 0 aromatic heterocycles. The molecule has 0 unspecified atom stereocenters. The van der Waals surface area contributed by atoms with E-state index in [-0.39, 0.29) is 35.8 Å². The first-order valence-corrected chi connectivity index (χ1v) is 6.72. The van der Waals surface area contributed by atoms with Crippen LogP contribution in [-0.2, 0) is 0 Å². The van der Waals surface area contributed by atoms with Gasteiger partial charge in [0.15, 0.2) is 17.4 Å². The highest BCUT2D eigenvalue weighted by Crippen LogP contribution is 2.31. The van der Waals surface area contributed by atoms with Gasteiger partial charge in [0.05, 0.1) is 12.2 Å². The molecule has 0 saturated heterocycles. The first-order valence-electron chi connectivity index (χ1n) is 6.72. The zero-order valence-corrected chi connectivity index (χ0v) is 11.7. The highest BCUT2D eigenvalue weighted by atomic mass is 19.2. The van der Waals surface area contributed by atoms with Gasteiger partial charge in [-0.1, -0.05) is 0 Å². The van der Waals surface area contributed by atoms with Crippen LogP contribution in [0.25, 0.3) is 0 Å². The van der Waals surface area contributed by atoms with Crippen LogP contribution in [0.15, 0.2) is 30.3 Å². The van der Waals surface area contributed by atoms with Gasteiger partial charge < -0.3 is 10.1 Å². The number of halogens is 3. The van der Waals surface area contributed by atoms with Gasteiger partial charge in [-0.25, -0.2) is 13.2 Å². The van der Waals surface area contributed by atoms with E-state index in [0.717, 1.165) is 24.3 Å². The predicted octanol–water partition coefficient (Wildman–Crippen LogP) is 3.32. The molecule has 2 aromatic rings. The maximum Gasteiger partial charge on any atom is 0.262 e. The van der Waals surface area contributed by atoms with E-state index >= 15 is 0 Å². The van der Waals surface area contributed by atoms with Gasteiger partial charge in [0.2, 0.25) is 0 Å². The first kappa shape index (κ1) is 15.1. The Balaban J connectivity index is 1.97. The summed E-state index contributed by atoms with van der Waals surface area (Å²) in [5, 5.41) is 2.26. The molecule has 0 spiro atoms. The normalized spacial score (nSPS) is 13.3. The van der Waals surface area contributed by atoms with Crippen LogP contribution in [0, 0.1) is 17.5 Å². The maximum absolute atomic E-state index is 14.0. The number of anilines is 1. The highest BCUT2D eigenvalue weighted by molar-refractivity contribution is 6.10. The van der Waals surface area contributed by atoms with Crippen LogP contribution >= 0.6 is 0 Å². The summed E-state index contributed by atoms with van der Waals surface area (Å²) in [7, 11) is 0. The van der Waals surface area contributed by atoms with E-state index in [9.17, 15) is 22.8 Å². The molecule has 0 saturated carbocycles. The number of hydrogen-bond acceptors (Lipinski definition) is 3. The quantitative estimate of drug-likeness (QED) is 0.923. The molecular formula is C16H10F3NO3. The van der Waals surface area contributed by atoms with Crippen molar-refractivity contribution in [1.29, 1.82) is 0 Å². The second-order valence-corrected chi connectivity index (χ2v) is 4.90. The van der Waals surface area contributed by atoms with Crippen LogP contribution < -0.4 is 10.1 Å². The van der Waals surface area contributed by atoms with Gasteiger partial charge in [-0.2, -0.15) is 0 Å². The van der Waals surface area contributed by atoms with Gasteiger partial charge in [-0.15, -0.1) is 0 Å². The van der Waals surface area contributed by atoms with Crippen LogP contribution in [0.1, 0.15) is 27.1 Å². The minimum Gasteiger partial charge on any atom is -0.491 e. The van der Waals surface area contributed by atoms with E-state index in [1.165, 1.54) is 6.07 Å². The Hall–Kier alpha value is -2.83. The number of ketones is 1. The fraction of sp³-hybridized carbons (Fsp3) is 0.125. The van der Waals surface area contributed by atoms with Crippen LogP contribution in [0.5, 0.6) is 5.75 Å². The molecule has 0 radical (unpaired) electrons. The third-order valence-electron chi connectivity index (χ3n) is 3.39. The van der Waals surface area contributed by atoms with Crippen LogP contribution in [0.4, 0.5) is 18.9 Å². The number of carbonyl (C=O) groups excluding carboxylic acids is 2. The number of amides is 1. The molecule has 1 aliphatic heterocycles. The van der Waals surface area contributed by atoms with Crippen LogP contribution in [0.3, 0.4) is 0 Å². The SMILES string of the molecule is O=C1CCOc2c1ccc(F)c2C(=O)Nc1ccc(F)c(F)c1. The molecule has 0 aliphatic carbocycles. The second kappa shape index (κ2) is 5.75. The Labute approximate surface area is 128 Å². The number of carbonyl (C=O) groups is 2. The van der Waals surface area contributed by atoms with Crippen molar-refractivity contribution < 1.29 is 27.5 Å². The number of ether oxygens (including phenoxy) is 1. The van der Waals surface area contributed by atoms with Gasteiger partial charge in [-0.05, 0) is 24.3 Å². The lowest BCUT2D eigenvalue weighted by Gasteiger charge is -2.19. The summed E-state index contributed by atoms with van der Waals surface area (Å²) in [6.45, 7) is 0.0424. The molecule has 1 aliphatic rings. The molecule has 2 aromatic carbocycles. The topological polar surface area (TPSA) is 55.4 Å². The average Bonchev–Trinajstić information content (AvgIpc) is 2.51. The Morgan fingerprint density at radius 1 is 1.04 bits per heavy atom. The Kier molecular flexibility index (Phi) is 3.77. The summed E-state index contributed by atoms with van der Waals surface area (Å²) in [4.78, 5) is 24.0. The van der Waals surface area contributed by atoms with Gasteiger partial charge in [0, 0.05) is 18.2 Å². The van der Waals surface area contributed by atoms with Crippen molar-refractivity contribution >= 4 is 17.4 Å². The third-order valence-corrected chi connectivity index (χ3v) is 3.39. The molecule has 23 heavy (non-hydrogen) atoms. The number of nitrogens with one attached hydrogen (secondary N) is 1. The molecule has 3 rings (SSSR count). The molecule has 0 atom stereocenters. The summed E-state index contributed by atoms with van der Waals surface area (Å²) >= 11 is 0. The van der Waals surface area contributed by atoms with Gasteiger partial charge in [0.1, 0.15) is 17.1 Å². The maximum atomic E-state index is 14.0. The van der Waals surface area contributed by atoms with Gasteiger partial charge in [0.25, 0.3) is 5.91 Å². The van der Waals surface area contributed by atoms with Crippen molar-refractivity contribution in [3.05, 3.63) is 58.9 Å². The first-order chi connectivity index (χ1) is 11.0. The standard InChI is InChI=1S/C16H10F3NO3/c17-10-3-1-8(7-12(10)19)20-16(22)14-11(18)4-2-9-13(21)5-6-23-15(9)14/h1-4,7H,5-6H2,(H,20,22). The lowest BCUT2D eigenvalue weighted by molar-refractivity contribution is 0.0930. The summed E-state index contributed by atoms with van der Waals surface area (Å²) in [5.41, 5.74) is -0.374. The molecule has 7 heteroatoms. The zero-order valence-electron chi connectivity index (χ0n) is 11.7. The summed E-state index contributed by atoms with van der Waals surface area (Å²) in [6, 6.07) is 4.98. The van der Waals surface area contributed by atoms with Crippen molar-refractivity contribution in [2.45, 2.75) is 6.42 Å². The minimum absolute atomic E-state index is 0.0424. The smallest absolute Gasteiger partial charge is 0.262 e. The van der Waals surface area contributed by atoms with Crippen LogP contribution in [-0.4, -0.2) is 18.3 Å². The van der Waals surface area contributed by atoms with Crippen LogP contribution in [0.2, 0.25) is 0 Å². The van der Waals surface area contributed by atoms with Gasteiger partial charge >= 0.3 is 0 Å². The Morgan fingerprint density at radius 3 is 2.52 bits per heavy atom. The van der Waals surface area contributed by atoms with E-state index < -0.39 is 28.9 Å². The molecule has 0 bridgehead atoms. The fourth-order valence-electron chi connectivity index (χ4n) is 2.29. The number of rotatable bonds is 2. The van der Waals surface area contributed by atoms with E-state index in [4.69, 9.17) is 4.74 Å². The molecule has 1 N–H and O–H groups in total. The van der Waals surface area contributed by atoms with Crippen molar-refractivity contribution in [2.75, 3.05) is 11.9 Å². The Morgan fingerprint density at radius 2 is 1.78 bits per heavy atom. The summed E-state index contributed by atoms with van der Waals surface area (Å²) in [5.74, 6) is -4.40. The zero-order chi connectivity index (χ0) is 16.6. The average molecular weight is 321 g/mol. The Bertz CT molecular complexity index is 820. The molecule has 0 fully saturated rings. The van der Waals surface area contributed by atoms with Crippen molar-refractivity contribution in [3.8, 4) is 5.75 Å². The van der Waals surface area contributed by atoms with E-state index in [1.54, 1.807) is 0 Å². The lowest BCUT2D eigenvalue weighted by Crippen LogP contribution is -2.22. The molecular weight excluding hydrogens is 311 g/mol. The molecule has 4 nitrogen and oxygen atoms in total. The monoisotopic (exact) mass is 321 g/mol. The number of hydrogen-bond donors (Lipinski definition) is 1. The van der Waals surface area contributed by atoms with Crippen molar-refractivity contribution in [3.63, 3.8) is 0 Å². The lowest BCUT2D eigenvalue weighted by atomic mass is 10.00. The number of benzene rings is 2. The summed E-state index contributed by atoms with van der Waals surface area (Å²) in [6.07, 6.45) is 0.142. The van der Waals surface area contributed by atoms with E-state index in [0.29, 0.717) is 0 Å². The number of fused-ring (bicyclic) bond motifs is 1. The highest BCUT2D eigenvalue weighted by Gasteiger charge is 2.27. The number of Topliss-reactive ketones (excluding diaryl/α,β-unsaturated/α-hetero) is 1. The summed E-state index contributed by atoms with van der Waals surface area (Å²) < 4.78 is 45.3. The fourth-order valence-corrected chi connectivity index (χ4v) is 2.29. The minimum atomic E-state index is -1.15. The predicted molar refractivity (Wildman–Crippen MR) is 75.2 cm³/mol. The largest absolute Gasteiger partial charge is 0.491 e. The molecule has 1 amide bonds. The van der Waals surface area contributed by atoms with Crippen molar-refractivity contribution in [2.24, 2.45) is 0 Å². The van der Waals surface area contributed by atoms with E-state index in [1.807, 2.05) is 0 Å². The van der Waals surface area contributed by atoms with E-state index in [2.05, 4.69) is 5.32 Å². The molecule has 118 valence electrons. The second-order valence-electron chi connectivity index (χ2n) is 4.90. The third kappa shape index (κ3) is 2.77.